The van der Waals surface area contributed by atoms with Gasteiger partial charge < -0.3 is 24.4 Å². The van der Waals surface area contributed by atoms with Gasteiger partial charge in [0.1, 0.15) is 5.60 Å². The highest BCUT2D eigenvalue weighted by Gasteiger charge is 2.31. The van der Waals surface area contributed by atoms with E-state index in [1.807, 2.05) is 20.8 Å². The third-order valence-corrected chi connectivity index (χ3v) is 4.20. The SMILES string of the molecule is CO[C@@H]1COCC[C@@H]1NC1CCN(C(=O)OC(C)(C)C)CC1. The van der Waals surface area contributed by atoms with Crippen molar-refractivity contribution in [3.05, 3.63) is 0 Å². The Balaban J connectivity index is 1.76. The lowest BCUT2D eigenvalue weighted by atomic mass is 10.00. The summed E-state index contributed by atoms with van der Waals surface area (Å²) in [5, 5.41) is 3.68. The third-order valence-electron chi connectivity index (χ3n) is 4.20. The minimum Gasteiger partial charge on any atom is -0.444 e. The minimum atomic E-state index is -0.431. The van der Waals surface area contributed by atoms with E-state index in [4.69, 9.17) is 14.2 Å². The molecule has 2 atom stereocenters. The molecule has 2 rings (SSSR count). The van der Waals surface area contributed by atoms with Crippen molar-refractivity contribution in [2.45, 2.75) is 63.8 Å². The standard InChI is InChI=1S/C16H30N2O4/c1-16(2,3)22-15(19)18-8-5-12(6-9-18)17-13-7-10-21-11-14(13)20-4/h12-14,17H,5-11H2,1-4H3/t13-,14+/m0/s1. The Hall–Kier alpha value is -0.850. The second-order valence-electron chi connectivity index (χ2n) is 7.15. The van der Waals surface area contributed by atoms with Gasteiger partial charge in [0.05, 0.1) is 12.7 Å². The van der Waals surface area contributed by atoms with Crippen LogP contribution in [0.25, 0.3) is 0 Å². The van der Waals surface area contributed by atoms with Gasteiger partial charge in [-0.05, 0) is 40.0 Å². The summed E-state index contributed by atoms with van der Waals surface area (Å²) in [7, 11) is 1.74. The van der Waals surface area contributed by atoms with Crippen LogP contribution < -0.4 is 5.32 Å². The number of rotatable bonds is 3. The summed E-state index contributed by atoms with van der Waals surface area (Å²) in [5.74, 6) is 0. The molecule has 128 valence electrons. The molecule has 22 heavy (non-hydrogen) atoms. The predicted molar refractivity (Wildman–Crippen MR) is 84.0 cm³/mol. The van der Waals surface area contributed by atoms with Gasteiger partial charge in [0.2, 0.25) is 0 Å². The van der Waals surface area contributed by atoms with Gasteiger partial charge in [0.15, 0.2) is 0 Å². The Kier molecular flexibility index (Phi) is 6.06. The summed E-state index contributed by atoms with van der Waals surface area (Å²) in [6, 6.07) is 0.774. The van der Waals surface area contributed by atoms with Crippen LogP contribution in [0.1, 0.15) is 40.0 Å². The van der Waals surface area contributed by atoms with Crippen molar-refractivity contribution in [3.63, 3.8) is 0 Å². The normalized spacial score (nSPS) is 27.7. The Morgan fingerprint density at radius 1 is 1.23 bits per heavy atom. The number of nitrogens with one attached hydrogen (secondary N) is 1. The number of amides is 1. The zero-order valence-corrected chi connectivity index (χ0v) is 14.3. The second kappa shape index (κ2) is 7.62. The maximum atomic E-state index is 12.1. The molecule has 0 spiro atoms. The molecule has 2 saturated heterocycles. The Morgan fingerprint density at radius 2 is 1.91 bits per heavy atom. The first kappa shape index (κ1) is 17.5. The van der Waals surface area contributed by atoms with Crippen LogP contribution in [0.2, 0.25) is 0 Å². The van der Waals surface area contributed by atoms with Crippen LogP contribution in [-0.2, 0) is 14.2 Å². The fourth-order valence-corrected chi connectivity index (χ4v) is 2.99. The molecular weight excluding hydrogens is 284 g/mol. The molecule has 2 fully saturated rings. The predicted octanol–water partition coefficient (Wildman–Crippen LogP) is 1.78. The van der Waals surface area contributed by atoms with Crippen LogP contribution in [0.15, 0.2) is 0 Å². The largest absolute Gasteiger partial charge is 0.444 e. The third kappa shape index (κ3) is 5.11. The molecule has 2 aliphatic heterocycles. The number of methoxy groups -OCH3 is 1. The number of nitrogens with zero attached hydrogens (tertiary/aromatic N) is 1. The monoisotopic (exact) mass is 314 g/mol. The highest BCUT2D eigenvalue weighted by Crippen LogP contribution is 2.18. The lowest BCUT2D eigenvalue weighted by Crippen LogP contribution is -2.54. The van der Waals surface area contributed by atoms with E-state index >= 15 is 0 Å². The number of carbonyl (C=O) groups excluding carboxylic acids is 1. The molecule has 0 aromatic heterocycles. The average molecular weight is 314 g/mol. The fraction of sp³-hybridized carbons (Fsp3) is 0.938. The van der Waals surface area contributed by atoms with Crippen LogP contribution in [0.5, 0.6) is 0 Å². The van der Waals surface area contributed by atoms with Crippen molar-refractivity contribution in [2.24, 2.45) is 0 Å². The molecule has 6 heteroatoms. The molecule has 0 unspecified atom stereocenters. The van der Waals surface area contributed by atoms with Crippen LogP contribution in [0.3, 0.4) is 0 Å². The molecular formula is C16H30N2O4. The van der Waals surface area contributed by atoms with Gasteiger partial charge in [0.25, 0.3) is 0 Å². The summed E-state index contributed by atoms with van der Waals surface area (Å²) in [4.78, 5) is 13.9. The van der Waals surface area contributed by atoms with E-state index in [0.717, 1.165) is 39.0 Å². The van der Waals surface area contributed by atoms with E-state index in [9.17, 15) is 4.79 Å². The van der Waals surface area contributed by atoms with Crippen LogP contribution >= 0.6 is 0 Å². The van der Waals surface area contributed by atoms with Crippen LogP contribution in [-0.4, -0.2) is 68.2 Å². The lowest BCUT2D eigenvalue weighted by Gasteiger charge is -2.38. The number of likely N-dealkylation sites (tertiary alicyclic amines) is 1. The summed E-state index contributed by atoms with van der Waals surface area (Å²) >= 11 is 0. The molecule has 2 aliphatic rings. The summed E-state index contributed by atoms with van der Waals surface area (Å²) < 4.78 is 16.4. The molecule has 1 amide bonds. The maximum Gasteiger partial charge on any atom is 0.410 e. The van der Waals surface area contributed by atoms with Gasteiger partial charge in [-0.25, -0.2) is 4.79 Å². The first-order valence-corrected chi connectivity index (χ1v) is 8.23. The molecule has 0 aromatic carbocycles. The second-order valence-corrected chi connectivity index (χ2v) is 7.15. The Bertz CT molecular complexity index is 362. The average Bonchev–Trinajstić information content (AvgIpc) is 2.47. The van der Waals surface area contributed by atoms with Crippen molar-refractivity contribution >= 4 is 6.09 Å². The summed E-state index contributed by atoms with van der Waals surface area (Å²) in [6.45, 7) is 8.62. The first-order chi connectivity index (χ1) is 10.4. The molecule has 0 radical (unpaired) electrons. The Morgan fingerprint density at radius 3 is 2.50 bits per heavy atom. The zero-order valence-electron chi connectivity index (χ0n) is 14.3. The highest BCUT2D eigenvalue weighted by molar-refractivity contribution is 5.68. The molecule has 2 heterocycles. The van der Waals surface area contributed by atoms with Crippen LogP contribution in [0, 0.1) is 0 Å². The van der Waals surface area contributed by atoms with E-state index in [0.29, 0.717) is 18.7 Å². The van der Waals surface area contributed by atoms with Crippen LogP contribution in [0.4, 0.5) is 4.79 Å². The van der Waals surface area contributed by atoms with E-state index in [-0.39, 0.29) is 12.2 Å². The lowest BCUT2D eigenvalue weighted by molar-refractivity contribution is -0.0537. The molecule has 0 bridgehead atoms. The van der Waals surface area contributed by atoms with Crippen molar-refractivity contribution in [1.29, 1.82) is 0 Å². The number of carbonyl (C=O) groups is 1. The number of piperidine rings is 1. The van der Waals surface area contributed by atoms with Crippen molar-refractivity contribution in [1.82, 2.24) is 10.2 Å². The molecule has 0 aliphatic carbocycles. The van der Waals surface area contributed by atoms with Gasteiger partial charge in [-0.15, -0.1) is 0 Å². The van der Waals surface area contributed by atoms with E-state index in [2.05, 4.69) is 5.32 Å². The van der Waals surface area contributed by atoms with Crippen molar-refractivity contribution < 1.29 is 19.0 Å². The van der Waals surface area contributed by atoms with Gasteiger partial charge in [-0.1, -0.05) is 0 Å². The Labute approximate surface area is 133 Å². The number of ether oxygens (including phenoxy) is 3. The molecule has 0 saturated carbocycles. The fourth-order valence-electron chi connectivity index (χ4n) is 2.99. The van der Waals surface area contributed by atoms with Gasteiger partial charge in [-0.2, -0.15) is 0 Å². The molecule has 6 nitrogen and oxygen atoms in total. The number of hydrogen-bond acceptors (Lipinski definition) is 5. The van der Waals surface area contributed by atoms with E-state index < -0.39 is 5.60 Å². The topological polar surface area (TPSA) is 60.0 Å². The minimum absolute atomic E-state index is 0.123. The highest BCUT2D eigenvalue weighted by atomic mass is 16.6. The smallest absolute Gasteiger partial charge is 0.410 e. The van der Waals surface area contributed by atoms with E-state index in [1.54, 1.807) is 12.0 Å². The number of hydrogen-bond donors (Lipinski definition) is 1. The molecule has 0 aromatic rings. The van der Waals surface area contributed by atoms with Gasteiger partial charge in [-0.3, -0.25) is 0 Å². The van der Waals surface area contributed by atoms with Crippen molar-refractivity contribution in [2.75, 3.05) is 33.4 Å². The first-order valence-electron chi connectivity index (χ1n) is 8.23. The maximum absolute atomic E-state index is 12.1. The van der Waals surface area contributed by atoms with Gasteiger partial charge >= 0.3 is 6.09 Å². The molecule has 1 N–H and O–H groups in total. The van der Waals surface area contributed by atoms with Crippen molar-refractivity contribution in [3.8, 4) is 0 Å². The summed E-state index contributed by atoms with van der Waals surface area (Å²) in [6.07, 6.45) is 2.80. The quantitative estimate of drug-likeness (QED) is 0.860. The van der Waals surface area contributed by atoms with E-state index in [1.165, 1.54) is 0 Å². The zero-order chi connectivity index (χ0) is 16.2. The summed E-state index contributed by atoms with van der Waals surface area (Å²) in [5.41, 5.74) is -0.431. The van der Waals surface area contributed by atoms with Gasteiger partial charge in [0, 0.05) is 38.9 Å².